The van der Waals surface area contributed by atoms with Crippen molar-refractivity contribution < 1.29 is 14.3 Å². The molecule has 0 bridgehead atoms. The zero-order valence-corrected chi connectivity index (χ0v) is 13.0. The summed E-state index contributed by atoms with van der Waals surface area (Å²) < 4.78 is 10.3. The molecule has 1 aromatic heterocycles. The van der Waals surface area contributed by atoms with Crippen LogP contribution in [-0.2, 0) is 27.2 Å². The minimum atomic E-state index is 0.124. The first-order valence-corrected chi connectivity index (χ1v) is 7.72. The highest BCUT2D eigenvalue weighted by atomic mass is 16.5. The first-order chi connectivity index (χ1) is 10.8. The van der Waals surface area contributed by atoms with Crippen LogP contribution in [0.3, 0.4) is 0 Å². The Labute approximate surface area is 130 Å². The van der Waals surface area contributed by atoms with Crippen LogP contribution in [0.25, 0.3) is 0 Å². The zero-order valence-electron chi connectivity index (χ0n) is 13.0. The van der Waals surface area contributed by atoms with Gasteiger partial charge in [0, 0.05) is 32.9 Å². The Kier molecular flexibility index (Phi) is 4.84. The first kappa shape index (κ1) is 15.2. The average molecular weight is 306 g/mol. The van der Waals surface area contributed by atoms with E-state index in [0.717, 1.165) is 43.3 Å². The largest absolute Gasteiger partial charge is 0.384 e. The maximum Gasteiger partial charge on any atom is 0.225 e. The lowest BCUT2D eigenvalue weighted by atomic mass is 10.1. The van der Waals surface area contributed by atoms with Crippen molar-refractivity contribution in [2.75, 3.05) is 51.5 Å². The molecule has 3 heterocycles. The smallest absolute Gasteiger partial charge is 0.225 e. The number of morpholine rings is 1. The number of aromatic nitrogens is 2. The van der Waals surface area contributed by atoms with Crippen molar-refractivity contribution in [2.24, 2.45) is 0 Å². The molecule has 1 saturated heterocycles. The van der Waals surface area contributed by atoms with Crippen LogP contribution in [0.4, 0.5) is 5.95 Å². The van der Waals surface area contributed by atoms with Gasteiger partial charge in [-0.15, -0.1) is 0 Å². The lowest BCUT2D eigenvalue weighted by molar-refractivity contribution is -0.133. The molecule has 120 valence electrons. The SMILES string of the molecule is COCCC(=O)N1CCc2cnc(N3CCOCC3)nc2C1. The molecule has 1 amide bonds. The van der Waals surface area contributed by atoms with Crippen LogP contribution in [0.2, 0.25) is 0 Å². The molecule has 2 aliphatic rings. The van der Waals surface area contributed by atoms with Crippen LogP contribution in [0, 0.1) is 0 Å². The molecule has 0 saturated carbocycles. The number of carbonyl (C=O) groups excluding carboxylic acids is 1. The van der Waals surface area contributed by atoms with Crippen molar-refractivity contribution in [1.82, 2.24) is 14.9 Å². The summed E-state index contributed by atoms with van der Waals surface area (Å²) in [5, 5.41) is 0. The van der Waals surface area contributed by atoms with Crippen molar-refractivity contribution in [1.29, 1.82) is 0 Å². The number of anilines is 1. The second-order valence-electron chi connectivity index (χ2n) is 5.55. The van der Waals surface area contributed by atoms with E-state index in [-0.39, 0.29) is 5.91 Å². The van der Waals surface area contributed by atoms with E-state index in [1.807, 2.05) is 11.1 Å². The van der Waals surface area contributed by atoms with E-state index in [0.29, 0.717) is 32.8 Å². The second-order valence-corrected chi connectivity index (χ2v) is 5.55. The monoisotopic (exact) mass is 306 g/mol. The fourth-order valence-electron chi connectivity index (χ4n) is 2.77. The number of amides is 1. The minimum Gasteiger partial charge on any atom is -0.384 e. The Morgan fingerprint density at radius 3 is 2.95 bits per heavy atom. The molecule has 0 aliphatic carbocycles. The van der Waals surface area contributed by atoms with Crippen molar-refractivity contribution in [3.8, 4) is 0 Å². The van der Waals surface area contributed by atoms with E-state index in [9.17, 15) is 4.79 Å². The molecule has 0 radical (unpaired) electrons. The van der Waals surface area contributed by atoms with Crippen LogP contribution in [-0.4, -0.2) is 67.3 Å². The molecule has 2 aliphatic heterocycles. The van der Waals surface area contributed by atoms with Crippen molar-refractivity contribution in [3.63, 3.8) is 0 Å². The summed E-state index contributed by atoms with van der Waals surface area (Å²) in [6, 6.07) is 0. The maximum absolute atomic E-state index is 12.1. The highest BCUT2D eigenvalue weighted by molar-refractivity contribution is 5.76. The van der Waals surface area contributed by atoms with Crippen LogP contribution >= 0.6 is 0 Å². The van der Waals surface area contributed by atoms with E-state index in [2.05, 4.69) is 14.9 Å². The number of nitrogens with zero attached hydrogens (tertiary/aromatic N) is 4. The number of fused-ring (bicyclic) bond motifs is 1. The molecule has 0 spiro atoms. The predicted molar refractivity (Wildman–Crippen MR) is 80.7 cm³/mol. The predicted octanol–water partition coefficient (Wildman–Crippen LogP) is 0.234. The lowest BCUT2D eigenvalue weighted by Crippen LogP contribution is -2.39. The van der Waals surface area contributed by atoms with Crippen LogP contribution < -0.4 is 4.90 Å². The van der Waals surface area contributed by atoms with Crippen LogP contribution in [0.5, 0.6) is 0 Å². The van der Waals surface area contributed by atoms with Gasteiger partial charge < -0.3 is 19.3 Å². The second kappa shape index (κ2) is 7.02. The third-order valence-corrected chi connectivity index (χ3v) is 4.10. The van der Waals surface area contributed by atoms with Crippen LogP contribution in [0.15, 0.2) is 6.20 Å². The van der Waals surface area contributed by atoms with Gasteiger partial charge in [0.05, 0.1) is 38.5 Å². The van der Waals surface area contributed by atoms with Gasteiger partial charge >= 0.3 is 0 Å². The standard InChI is InChI=1S/C15H22N4O3/c1-21-7-3-14(20)19-4-2-12-10-16-15(17-13(12)11-19)18-5-8-22-9-6-18/h10H,2-9,11H2,1H3. The molecule has 0 atom stereocenters. The Hall–Kier alpha value is -1.73. The minimum absolute atomic E-state index is 0.124. The summed E-state index contributed by atoms with van der Waals surface area (Å²) >= 11 is 0. The Bertz CT molecular complexity index is 532. The lowest BCUT2D eigenvalue weighted by Gasteiger charge is -2.30. The molecule has 1 aromatic rings. The molecular weight excluding hydrogens is 284 g/mol. The summed E-state index contributed by atoms with van der Waals surface area (Å²) in [5.74, 6) is 0.868. The molecule has 22 heavy (non-hydrogen) atoms. The summed E-state index contributed by atoms with van der Waals surface area (Å²) in [6.07, 6.45) is 3.15. The fraction of sp³-hybridized carbons (Fsp3) is 0.667. The molecule has 0 N–H and O–H groups in total. The summed E-state index contributed by atoms with van der Waals surface area (Å²) in [7, 11) is 1.61. The summed E-state index contributed by atoms with van der Waals surface area (Å²) in [5.41, 5.74) is 2.11. The first-order valence-electron chi connectivity index (χ1n) is 7.72. The number of ether oxygens (including phenoxy) is 2. The quantitative estimate of drug-likeness (QED) is 0.793. The third kappa shape index (κ3) is 3.36. The molecule has 1 fully saturated rings. The van der Waals surface area contributed by atoms with E-state index < -0.39 is 0 Å². The van der Waals surface area contributed by atoms with Gasteiger partial charge in [-0.05, 0) is 12.0 Å². The maximum atomic E-state index is 12.1. The van der Waals surface area contributed by atoms with Gasteiger partial charge in [-0.2, -0.15) is 0 Å². The number of hydrogen-bond donors (Lipinski definition) is 0. The van der Waals surface area contributed by atoms with E-state index >= 15 is 0 Å². The zero-order chi connectivity index (χ0) is 15.4. The number of rotatable bonds is 4. The molecule has 7 nitrogen and oxygen atoms in total. The summed E-state index contributed by atoms with van der Waals surface area (Å²) in [4.78, 5) is 25.3. The van der Waals surface area contributed by atoms with Gasteiger partial charge in [-0.3, -0.25) is 4.79 Å². The third-order valence-electron chi connectivity index (χ3n) is 4.10. The number of hydrogen-bond acceptors (Lipinski definition) is 6. The molecule has 3 rings (SSSR count). The van der Waals surface area contributed by atoms with Gasteiger partial charge in [-0.1, -0.05) is 0 Å². The van der Waals surface area contributed by atoms with E-state index in [1.54, 1.807) is 7.11 Å². The normalized spacial score (nSPS) is 18.2. The molecule has 0 aromatic carbocycles. The topological polar surface area (TPSA) is 67.8 Å². The van der Waals surface area contributed by atoms with Gasteiger partial charge in [0.1, 0.15) is 0 Å². The highest BCUT2D eigenvalue weighted by Crippen LogP contribution is 2.20. The van der Waals surface area contributed by atoms with Gasteiger partial charge in [0.25, 0.3) is 0 Å². The van der Waals surface area contributed by atoms with Gasteiger partial charge in [0.15, 0.2) is 0 Å². The van der Waals surface area contributed by atoms with Crippen molar-refractivity contribution in [2.45, 2.75) is 19.4 Å². The highest BCUT2D eigenvalue weighted by Gasteiger charge is 2.23. The van der Waals surface area contributed by atoms with Gasteiger partial charge in [0.2, 0.25) is 11.9 Å². The van der Waals surface area contributed by atoms with E-state index in [4.69, 9.17) is 9.47 Å². The van der Waals surface area contributed by atoms with E-state index in [1.165, 1.54) is 0 Å². The molecule has 0 unspecified atom stereocenters. The molecule has 7 heteroatoms. The Morgan fingerprint density at radius 1 is 1.36 bits per heavy atom. The number of carbonyl (C=O) groups is 1. The Balaban J connectivity index is 1.70. The van der Waals surface area contributed by atoms with Crippen molar-refractivity contribution in [3.05, 3.63) is 17.5 Å². The summed E-state index contributed by atoms with van der Waals surface area (Å²) in [6.45, 7) is 4.81. The number of methoxy groups -OCH3 is 1. The Morgan fingerprint density at radius 2 is 2.18 bits per heavy atom. The average Bonchev–Trinajstić information content (AvgIpc) is 2.59. The van der Waals surface area contributed by atoms with Crippen LogP contribution in [0.1, 0.15) is 17.7 Å². The van der Waals surface area contributed by atoms with Crippen molar-refractivity contribution >= 4 is 11.9 Å². The van der Waals surface area contributed by atoms with Gasteiger partial charge in [-0.25, -0.2) is 9.97 Å². The molecular formula is C15H22N4O3. The fourth-order valence-corrected chi connectivity index (χ4v) is 2.77.